The highest BCUT2D eigenvalue weighted by Crippen LogP contribution is 2.29. The van der Waals surface area contributed by atoms with Crippen molar-refractivity contribution in [1.82, 2.24) is 9.78 Å². The van der Waals surface area contributed by atoms with E-state index in [0.717, 1.165) is 4.68 Å². The molecule has 0 saturated carbocycles. The van der Waals surface area contributed by atoms with Crippen LogP contribution in [0.15, 0.2) is 23.0 Å². The molecule has 2 rings (SSSR count). The van der Waals surface area contributed by atoms with Gasteiger partial charge in [-0.1, -0.05) is 0 Å². The van der Waals surface area contributed by atoms with Gasteiger partial charge < -0.3 is 9.47 Å². The first-order chi connectivity index (χ1) is 12.3. The van der Waals surface area contributed by atoms with Gasteiger partial charge in [0.1, 0.15) is 18.2 Å². The monoisotopic (exact) mass is 363 g/mol. The Morgan fingerprint density at radius 2 is 2.04 bits per heavy atom. The highest BCUT2D eigenvalue weighted by Gasteiger charge is 2.17. The molecule has 0 N–H and O–H groups in total. The van der Waals surface area contributed by atoms with Crippen molar-refractivity contribution < 1.29 is 23.0 Å². The number of hydrogen-bond donors (Lipinski definition) is 0. The van der Waals surface area contributed by atoms with Crippen LogP contribution >= 0.6 is 0 Å². The number of carbonyl (C=O) groups excluding carboxylic acids is 1. The van der Waals surface area contributed by atoms with E-state index in [4.69, 9.17) is 10.00 Å². The first kappa shape index (κ1) is 19.1. The molecule has 0 radical (unpaired) electrons. The Hall–Kier alpha value is -3.28. The summed E-state index contributed by atoms with van der Waals surface area (Å²) in [6.07, 6.45) is 0. The maximum atomic E-state index is 12.4. The number of hydrogen-bond acceptors (Lipinski definition) is 6. The Labute approximate surface area is 147 Å². The molecule has 0 amide bonds. The number of nitrogens with zero attached hydrogens (tertiary/aromatic N) is 3. The van der Waals surface area contributed by atoms with E-state index in [1.54, 1.807) is 13.8 Å². The highest BCUT2D eigenvalue weighted by molar-refractivity contribution is 5.96. The third-order valence-corrected chi connectivity index (χ3v) is 3.74. The first-order valence-electron chi connectivity index (χ1n) is 7.43. The minimum atomic E-state index is -3.03. The molecule has 0 aliphatic heterocycles. The molecule has 0 unspecified atom stereocenters. The van der Waals surface area contributed by atoms with E-state index in [9.17, 15) is 18.4 Å². The third kappa shape index (κ3) is 3.85. The van der Waals surface area contributed by atoms with Gasteiger partial charge in [-0.15, -0.1) is 0 Å². The number of rotatable bonds is 6. The predicted octanol–water partition coefficient (Wildman–Crippen LogP) is 2.22. The van der Waals surface area contributed by atoms with Crippen LogP contribution in [0.5, 0.6) is 11.5 Å². The molecule has 1 heterocycles. The van der Waals surface area contributed by atoms with Crippen molar-refractivity contribution in [2.24, 2.45) is 0 Å². The Bertz CT molecular complexity index is 948. The molecule has 2 aromatic rings. The van der Waals surface area contributed by atoms with E-state index in [2.05, 4.69) is 9.84 Å². The van der Waals surface area contributed by atoms with Crippen molar-refractivity contribution in [3.8, 4) is 17.6 Å². The van der Waals surface area contributed by atoms with Gasteiger partial charge in [0.15, 0.2) is 17.3 Å². The Morgan fingerprint density at radius 3 is 2.62 bits per heavy atom. The number of halogens is 2. The summed E-state index contributed by atoms with van der Waals surface area (Å²) in [7, 11) is 1.25. The first-order valence-corrected chi connectivity index (χ1v) is 7.43. The second-order valence-corrected chi connectivity index (χ2v) is 5.33. The van der Waals surface area contributed by atoms with Crippen LogP contribution in [0.25, 0.3) is 0 Å². The molecule has 1 aromatic carbocycles. The van der Waals surface area contributed by atoms with Crippen molar-refractivity contribution in [3.63, 3.8) is 0 Å². The summed E-state index contributed by atoms with van der Waals surface area (Å²) in [6, 6.07) is 5.50. The highest BCUT2D eigenvalue weighted by atomic mass is 19.3. The number of aromatic nitrogens is 2. The van der Waals surface area contributed by atoms with E-state index in [0.29, 0.717) is 11.3 Å². The molecule has 0 spiro atoms. The third-order valence-electron chi connectivity index (χ3n) is 3.74. The van der Waals surface area contributed by atoms with E-state index in [1.165, 1.54) is 25.3 Å². The number of nitriles is 1. The summed E-state index contributed by atoms with van der Waals surface area (Å²) >= 11 is 0. The largest absolute Gasteiger partial charge is 0.493 e. The predicted molar refractivity (Wildman–Crippen MR) is 86.6 cm³/mol. The lowest BCUT2D eigenvalue weighted by Crippen LogP contribution is -2.30. The lowest BCUT2D eigenvalue weighted by molar-refractivity contribution is -0.0512. The van der Waals surface area contributed by atoms with Gasteiger partial charge in [0.05, 0.1) is 12.8 Å². The van der Waals surface area contributed by atoms with Crippen LogP contribution in [0.3, 0.4) is 0 Å². The van der Waals surface area contributed by atoms with Gasteiger partial charge in [0, 0.05) is 5.56 Å². The number of benzene rings is 1. The molecule has 0 bridgehead atoms. The van der Waals surface area contributed by atoms with Crippen molar-refractivity contribution in [3.05, 3.63) is 50.9 Å². The molecule has 136 valence electrons. The summed E-state index contributed by atoms with van der Waals surface area (Å²) in [5, 5.41) is 13.1. The number of carbonyl (C=O) groups is 1. The number of ether oxygens (including phenoxy) is 2. The van der Waals surface area contributed by atoms with E-state index in [1.807, 2.05) is 6.07 Å². The minimum Gasteiger partial charge on any atom is -0.493 e. The minimum absolute atomic E-state index is 0.0470. The second-order valence-electron chi connectivity index (χ2n) is 5.33. The van der Waals surface area contributed by atoms with Gasteiger partial charge in [-0.2, -0.15) is 19.1 Å². The normalized spacial score (nSPS) is 10.5. The molecule has 0 atom stereocenters. The van der Waals surface area contributed by atoms with Gasteiger partial charge in [-0.25, -0.2) is 4.68 Å². The Balaban J connectivity index is 2.36. The number of Topliss-reactive ketones (excluding diaryl/α,β-unsaturated/α-hetero) is 1. The van der Waals surface area contributed by atoms with E-state index < -0.39 is 24.5 Å². The maximum absolute atomic E-state index is 12.4. The Kier molecular flexibility index (Phi) is 5.67. The van der Waals surface area contributed by atoms with Gasteiger partial charge in [-0.05, 0) is 37.6 Å². The van der Waals surface area contributed by atoms with Crippen LogP contribution in [-0.4, -0.2) is 29.3 Å². The molecule has 7 nitrogen and oxygen atoms in total. The van der Waals surface area contributed by atoms with Gasteiger partial charge in [0.25, 0.3) is 5.56 Å². The molecule has 0 fully saturated rings. The molecule has 1 aromatic heterocycles. The van der Waals surface area contributed by atoms with E-state index in [-0.39, 0.29) is 22.6 Å². The van der Waals surface area contributed by atoms with Crippen molar-refractivity contribution in [1.29, 1.82) is 5.26 Å². The summed E-state index contributed by atoms with van der Waals surface area (Å²) in [4.78, 5) is 24.7. The Morgan fingerprint density at radius 1 is 1.35 bits per heavy atom. The number of methoxy groups -OCH3 is 1. The molecular formula is C17H15F2N3O4. The second kappa shape index (κ2) is 7.74. The van der Waals surface area contributed by atoms with Crippen LogP contribution < -0.4 is 15.0 Å². The zero-order chi connectivity index (χ0) is 19.4. The van der Waals surface area contributed by atoms with E-state index >= 15 is 0 Å². The van der Waals surface area contributed by atoms with Crippen LogP contribution in [0, 0.1) is 25.2 Å². The molecule has 26 heavy (non-hydrogen) atoms. The standard InChI is InChI=1S/C17H15F2N3O4/c1-9-10(2)21-22(16(24)12(9)7-20)8-13(23)11-4-5-14(26-17(18)19)15(6-11)25-3/h4-6,17H,8H2,1-3H3. The lowest BCUT2D eigenvalue weighted by Gasteiger charge is -2.12. The maximum Gasteiger partial charge on any atom is 0.387 e. The summed E-state index contributed by atoms with van der Waals surface area (Å²) < 4.78 is 34.8. The fraction of sp³-hybridized carbons (Fsp3) is 0.294. The number of alkyl halides is 2. The average Bonchev–Trinajstić information content (AvgIpc) is 2.60. The van der Waals surface area contributed by atoms with Crippen molar-refractivity contribution in [2.75, 3.05) is 7.11 Å². The zero-order valence-electron chi connectivity index (χ0n) is 14.2. The molecule has 9 heteroatoms. The van der Waals surface area contributed by atoms with Gasteiger partial charge in [0.2, 0.25) is 0 Å². The van der Waals surface area contributed by atoms with Gasteiger partial charge in [-0.3, -0.25) is 9.59 Å². The fourth-order valence-electron chi connectivity index (χ4n) is 2.27. The fourth-order valence-corrected chi connectivity index (χ4v) is 2.27. The van der Waals surface area contributed by atoms with Crippen LogP contribution in [0.4, 0.5) is 8.78 Å². The SMILES string of the molecule is COc1cc(C(=O)Cn2nc(C)c(C)c(C#N)c2=O)ccc1OC(F)F. The quantitative estimate of drug-likeness (QED) is 0.731. The molecule has 0 aliphatic rings. The molecular weight excluding hydrogens is 348 g/mol. The van der Waals surface area contributed by atoms with Crippen LogP contribution in [-0.2, 0) is 6.54 Å². The summed E-state index contributed by atoms with van der Waals surface area (Å²) in [6.45, 7) is -0.225. The zero-order valence-corrected chi connectivity index (χ0v) is 14.2. The topological polar surface area (TPSA) is 94.2 Å². The van der Waals surface area contributed by atoms with Crippen LogP contribution in [0.2, 0.25) is 0 Å². The van der Waals surface area contributed by atoms with Crippen molar-refractivity contribution in [2.45, 2.75) is 27.0 Å². The smallest absolute Gasteiger partial charge is 0.387 e. The number of aryl methyl sites for hydroxylation is 1. The number of ketones is 1. The average molecular weight is 363 g/mol. The van der Waals surface area contributed by atoms with Crippen LogP contribution in [0.1, 0.15) is 27.2 Å². The summed E-state index contributed by atoms with van der Waals surface area (Å²) in [5.74, 6) is -0.768. The summed E-state index contributed by atoms with van der Waals surface area (Å²) in [5.41, 5.74) is 0.273. The molecule has 0 aliphatic carbocycles. The van der Waals surface area contributed by atoms with Crippen molar-refractivity contribution >= 4 is 5.78 Å². The van der Waals surface area contributed by atoms with Gasteiger partial charge >= 0.3 is 6.61 Å². The molecule has 0 saturated heterocycles. The lowest BCUT2D eigenvalue weighted by atomic mass is 10.1.